The number of ether oxygens (including phenoxy) is 1. The molecule has 1 atom stereocenters. The molecule has 5 heteroatoms. The maximum atomic E-state index is 5.26. The first-order chi connectivity index (χ1) is 7.31. The van der Waals surface area contributed by atoms with E-state index in [9.17, 15) is 0 Å². The summed E-state index contributed by atoms with van der Waals surface area (Å²) in [6, 6.07) is 6.36. The van der Waals surface area contributed by atoms with E-state index in [1.54, 1.807) is 7.11 Å². The van der Waals surface area contributed by atoms with E-state index in [2.05, 4.69) is 36.6 Å². The minimum absolute atomic E-state index is 0. The predicted molar refractivity (Wildman–Crippen MR) is 75.6 cm³/mol. The fraction of sp³-hybridized carbons (Fsp3) is 0.308. The van der Waals surface area contributed by atoms with Gasteiger partial charge >= 0.3 is 0 Å². The quantitative estimate of drug-likeness (QED) is 0.579. The molecule has 0 N–H and O–H groups in total. The molecule has 2 nitrogen and oxygen atoms in total. The van der Waals surface area contributed by atoms with Gasteiger partial charge in [-0.25, -0.2) is 12.5 Å². The number of allylic oxidation sites excluding steroid dienone is 2. The average Bonchev–Trinajstić information content (AvgIpc) is 2.83. The van der Waals surface area contributed by atoms with Crippen molar-refractivity contribution in [1.29, 1.82) is 0 Å². The topological polar surface area (TPSA) is 12.5 Å². The van der Waals surface area contributed by atoms with Gasteiger partial charge in [0, 0.05) is 33.5 Å². The number of rotatable bonds is 1. The molecular formula is C13H16Cl2NOTi-. The minimum atomic E-state index is 0. The van der Waals surface area contributed by atoms with E-state index in [-0.39, 0.29) is 46.5 Å². The summed E-state index contributed by atoms with van der Waals surface area (Å²) in [7, 11) is 3.84. The summed E-state index contributed by atoms with van der Waals surface area (Å²) in [5.41, 5.74) is 4.13. The number of anilines is 1. The summed E-state index contributed by atoms with van der Waals surface area (Å²) in [6.07, 6.45) is 5.62. The third-order valence-corrected chi connectivity index (χ3v) is 3.38. The van der Waals surface area contributed by atoms with Crippen molar-refractivity contribution >= 4 is 30.5 Å². The van der Waals surface area contributed by atoms with E-state index in [0.29, 0.717) is 5.92 Å². The second-order valence-corrected chi connectivity index (χ2v) is 4.10. The molecule has 1 aromatic carbocycles. The zero-order chi connectivity index (χ0) is 10.4. The Morgan fingerprint density at radius 3 is 2.72 bits per heavy atom. The maximum Gasteiger partial charge on any atom is 0.120 e. The maximum absolute atomic E-state index is 5.26. The van der Waals surface area contributed by atoms with Crippen LogP contribution in [0.5, 0.6) is 5.75 Å². The van der Waals surface area contributed by atoms with E-state index >= 15 is 0 Å². The van der Waals surface area contributed by atoms with Crippen LogP contribution in [0.15, 0.2) is 30.0 Å². The van der Waals surface area contributed by atoms with E-state index in [4.69, 9.17) is 4.74 Å². The van der Waals surface area contributed by atoms with Gasteiger partial charge in [-0.2, -0.15) is 0 Å². The van der Waals surface area contributed by atoms with Crippen LogP contribution in [-0.2, 0) is 21.7 Å². The molecule has 0 bridgehead atoms. The Balaban J connectivity index is 0.000000963. The Morgan fingerprint density at radius 2 is 2.06 bits per heavy atom. The molecule has 0 amide bonds. The van der Waals surface area contributed by atoms with E-state index in [1.165, 1.54) is 16.9 Å². The number of likely N-dealkylation sites (N-methyl/N-ethyl adjacent to an activating group) is 1. The van der Waals surface area contributed by atoms with Crippen molar-refractivity contribution in [3.05, 3.63) is 42.0 Å². The molecule has 0 aromatic heterocycles. The molecular weight excluding hydrogens is 305 g/mol. The molecule has 1 unspecified atom stereocenters. The number of fused-ring (bicyclic) bond motifs is 3. The Kier molecular flexibility index (Phi) is 6.66. The van der Waals surface area contributed by atoms with Gasteiger partial charge < -0.3 is 9.64 Å². The van der Waals surface area contributed by atoms with Crippen LogP contribution in [0.1, 0.15) is 17.9 Å². The Hall–Kier alpha value is -0.276. The predicted octanol–water partition coefficient (Wildman–Crippen LogP) is 3.56. The van der Waals surface area contributed by atoms with Crippen LogP contribution in [0.3, 0.4) is 0 Å². The van der Waals surface area contributed by atoms with Crippen LogP contribution in [0.25, 0.3) is 0 Å². The third-order valence-electron chi connectivity index (χ3n) is 3.38. The van der Waals surface area contributed by atoms with E-state index < -0.39 is 0 Å². The molecule has 2 aliphatic rings. The monoisotopic (exact) mass is 320 g/mol. The standard InChI is InChI=1S/C13H14NO.2ClH.Ti/c1-14-12-5-3-4-10(12)11-7-6-9(15-2)8-13(11)14;;;/h3,5-8,10H,4H2,1-2H3;2*1H;/q-1;;;. The summed E-state index contributed by atoms with van der Waals surface area (Å²) >= 11 is 0. The van der Waals surface area contributed by atoms with Crippen LogP contribution >= 0.6 is 24.8 Å². The fourth-order valence-electron chi connectivity index (χ4n) is 2.57. The second-order valence-electron chi connectivity index (χ2n) is 4.10. The molecule has 0 fully saturated rings. The van der Waals surface area contributed by atoms with Gasteiger partial charge in [0.2, 0.25) is 0 Å². The van der Waals surface area contributed by atoms with Crippen LogP contribution in [-0.4, -0.2) is 14.2 Å². The number of methoxy groups -OCH3 is 1. The van der Waals surface area contributed by atoms with Gasteiger partial charge in [0.15, 0.2) is 0 Å². The largest absolute Gasteiger partial charge is 0.497 e. The van der Waals surface area contributed by atoms with Crippen molar-refractivity contribution in [3.8, 4) is 5.75 Å². The van der Waals surface area contributed by atoms with Crippen molar-refractivity contribution in [3.63, 3.8) is 0 Å². The summed E-state index contributed by atoms with van der Waals surface area (Å²) in [5.74, 6) is 1.51. The molecule has 1 aliphatic heterocycles. The van der Waals surface area contributed by atoms with Gasteiger partial charge in [-0.3, -0.25) is 0 Å². The van der Waals surface area contributed by atoms with E-state index in [1.807, 2.05) is 6.07 Å². The van der Waals surface area contributed by atoms with Gasteiger partial charge in [-0.05, 0) is 18.7 Å². The molecule has 0 radical (unpaired) electrons. The molecule has 18 heavy (non-hydrogen) atoms. The van der Waals surface area contributed by atoms with Crippen molar-refractivity contribution in [1.82, 2.24) is 0 Å². The van der Waals surface area contributed by atoms with Gasteiger partial charge in [0.25, 0.3) is 0 Å². The van der Waals surface area contributed by atoms with E-state index in [0.717, 1.165) is 12.2 Å². The molecule has 0 saturated heterocycles. The van der Waals surface area contributed by atoms with Crippen LogP contribution in [0.2, 0.25) is 0 Å². The average molecular weight is 321 g/mol. The smallest absolute Gasteiger partial charge is 0.120 e. The molecule has 3 rings (SSSR count). The number of benzene rings is 1. The number of hydrogen-bond donors (Lipinski definition) is 0. The zero-order valence-corrected chi connectivity index (χ0v) is 13.5. The molecule has 98 valence electrons. The third kappa shape index (κ3) is 2.53. The van der Waals surface area contributed by atoms with Gasteiger partial charge in [0.05, 0.1) is 7.11 Å². The minimum Gasteiger partial charge on any atom is -0.497 e. The van der Waals surface area contributed by atoms with Crippen molar-refractivity contribution < 1.29 is 26.5 Å². The van der Waals surface area contributed by atoms with Crippen LogP contribution < -0.4 is 9.64 Å². The van der Waals surface area contributed by atoms with Crippen LogP contribution in [0, 0.1) is 6.42 Å². The normalized spacial score (nSPS) is 18.2. The first-order valence-corrected chi connectivity index (χ1v) is 5.26. The summed E-state index contributed by atoms with van der Waals surface area (Å²) in [6.45, 7) is 0. The van der Waals surface area contributed by atoms with Crippen molar-refractivity contribution in [2.75, 3.05) is 19.1 Å². The summed E-state index contributed by atoms with van der Waals surface area (Å²) in [5, 5.41) is 0. The van der Waals surface area contributed by atoms with Crippen LogP contribution in [0.4, 0.5) is 5.69 Å². The Bertz CT molecular complexity index is 451. The fourth-order valence-corrected chi connectivity index (χ4v) is 2.57. The summed E-state index contributed by atoms with van der Waals surface area (Å²) < 4.78 is 5.26. The zero-order valence-electron chi connectivity index (χ0n) is 10.3. The SMILES string of the molecule is COc1ccc2c(c1)N(C)C1=C[CH-]CC12.Cl.Cl.[Ti]. The Labute approximate surface area is 135 Å². The number of hydrogen-bond acceptors (Lipinski definition) is 2. The van der Waals surface area contributed by atoms with Gasteiger partial charge in [-0.15, -0.1) is 36.9 Å². The Morgan fingerprint density at radius 1 is 1.33 bits per heavy atom. The number of nitrogens with zero attached hydrogens (tertiary/aromatic N) is 1. The number of halogens is 2. The first kappa shape index (κ1) is 17.7. The van der Waals surface area contributed by atoms with Gasteiger partial charge in [-0.1, -0.05) is 12.0 Å². The molecule has 0 spiro atoms. The second kappa shape index (κ2) is 6.76. The first-order valence-electron chi connectivity index (χ1n) is 5.26. The van der Waals surface area contributed by atoms with Crippen molar-refractivity contribution in [2.45, 2.75) is 12.3 Å². The molecule has 1 aromatic rings. The molecule has 0 saturated carbocycles. The van der Waals surface area contributed by atoms with Crippen molar-refractivity contribution in [2.24, 2.45) is 0 Å². The van der Waals surface area contributed by atoms with Gasteiger partial charge in [0.1, 0.15) is 5.75 Å². The molecule has 1 aliphatic carbocycles. The summed E-state index contributed by atoms with van der Waals surface area (Å²) in [4.78, 5) is 2.27. The molecule has 1 heterocycles.